The molecule has 1 aromatic heterocycles. The predicted molar refractivity (Wildman–Crippen MR) is 235 cm³/mol. The molecule has 2 aliphatic rings. The van der Waals surface area contributed by atoms with Crippen LogP contribution in [0.4, 0.5) is 9.59 Å². The van der Waals surface area contributed by atoms with Gasteiger partial charge in [0.1, 0.15) is 23.3 Å². The third-order valence-corrected chi connectivity index (χ3v) is 9.06. The highest BCUT2D eigenvalue weighted by molar-refractivity contribution is 5.94. The van der Waals surface area contributed by atoms with Gasteiger partial charge in [-0.3, -0.25) is 9.69 Å². The summed E-state index contributed by atoms with van der Waals surface area (Å²) in [4.78, 5) is 54.1. The fourth-order valence-corrected chi connectivity index (χ4v) is 6.50. The molecule has 12 heteroatoms. The number of nitrogens with two attached hydrogens (primary N) is 1. The van der Waals surface area contributed by atoms with E-state index in [4.69, 9.17) is 15.2 Å². The van der Waals surface area contributed by atoms with Crippen molar-refractivity contribution in [3.05, 3.63) is 91.5 Å². The van der Waals surface area contributed by atoms with Gasteiger partial charge in [-0.25, -0.2) is 19.6 Å². The van der Waals surface area contributed by atoms with Crippen molar-refractivity contribution in [1.29, 1.82) is 0 Å². The van der Waals surface area contributed by atoms with E-state index in [1.807, 2.05) is 105 Å². The van der Waals surface area contributed by atoms with Crippen molar-refractivity contribution in [3.8, 4) is 34.2 Å². The standard InChI is InChI=1S/C40H49N7O5.2C2H6.C2H4/c1-26(2)34(45-38(49)51-6)37(48)46-22-12-17-32(46)35(41)42-21-11-10-16-28-19-20-29(24-30(28)27-14-8-7-9-15-27)31-25-43-36(44-31)33-18-13-23-47(33)39(50)52-40(3,4)5;3*1-2/h7-9,11,14-15,19-21,24-26,32-34H,12-13,17-18,22-23H2,1-6H3,(H2,41,42)(H,43,44)(H,45,49);2*1-2H3;1-2H2/b21-11+;;;/t32?,33-,34?;;;/m0.../s1. The van der Waals surface area contributed by atoms with Gasteiger partial charge < -0.3 is 30.4 Å². The number of allylic oxidation sites excluding steroid dienone is 1. The number of amides is 3. The van der Waals surface area contributed by atoms with Crippen molar-refractivity contribution < 1.29 is 23.9 Å². The van der Waals surface area contributed by atoms with Crippen LogP contribution >= 0.6 is 0 Å². The summed E-state index contributed by atoms with van der Waals surface area (Å²) in [6.45, 7) is 24.5. The first-order chi connectivity index (χ1) is 27.9. The Labute approximate surface area is 346 Å². The smallest absolute Gasteiger partial charge is 0.410 e. The molecule has 2 aromatic carbocycles. The number of nitrogens with one attached hydrogen (secondary N) is 2. The monoisotopic (exact) mass is 796 g/mol. The highest BCUT2D eigenvalue weighted by Gasteiger charge is 2.37. The van der Waals surface area contributed by atoms with Gasteiger partial charge in [-0.05, 0) is 75.6 Å². The lowest BCUT2D eigenvalue weighted by Gasteiger charge is -2.30. The van der Waals surface area contributed by atoms with E-state index in [0.29, 0.717) is 25.3 Å². The average molecular weight is 796 g/mol. The minimum absolute atomic E-state index is 0.137. The number of rotatable bonds is 8. The third-order valence-electron chi connectivity index (χ3n) is 9.06. The number of alkyl carbamates (subject to hydrolysis) is 1. The Kier molecular flexibility index (Phi) is 20.0. The van der Waals surface area contributed by atoms with Gasteiger partial charge in [-0.15, -0.1) is 13.2 Å². The molecule has 0 aliphatic carbocycles. The summed E-state index contributed by atoms with van der Waals surface area (Å²) in [6.07, 6.45) is 7.14. The van der Waals surface area contributed by atoms with E-state index in [0.717, 1.165) is 53.0 Å². The molecule has 3 heterocycles. The van der Waals surface area contributed by atoms with Crippen LogP contribution in [0.25, 0.3) is 22.4 Å². The van der Waals surface area contributed by atoms with Crippen LogP contribution in [-0.2, 0) is 14.3 Å². The van der Waals surface area contributed by atoms with E-state index in [-0.39, 0.29) is 30.0 Å². The minimum Gasteiger partial charge on any atom is -0.453 e. The second kappa shape index (κ2) is 24.1. The van der Waals surface area contributed by atoms with Gasteiger partial charge in [0.15, 0.2) is 0 Å². The summed E-state index contributed by atoms with van der Waals surface area (Å²) < 4.78 is 10.4. The van der Waals surface area contributed by atoms with Gasteiger partial charge in [0.2, 0.25) is 5.91 Å². The fourth-order valence-electron chi connectivity index (χ4n) is 6.50. The first-order valence-corrected chi connectivity index (χ1v) is 20.2. The number of aromatic nitrogens is 2. The SMILES string of the molecule is C=C.CC.CC.COC(=O)NC(C(=O)N1CCCC1C(N)=N/C=C/C#Cc1ccc(-c2cnc([C@@H]3CCCN3C(=O)OC(C)(C)C)[nH]2)cc1-c1ccccc1)C(C)C. The Morgan fingerprint density at radius 3 is 2.29 bits per heavy atom. The zero-order valence-corrected chi connectivity index (χ0v) is 36.2. The Morgan fingerprint density at radius 2 is 1.66 bits per heavy atom. The van der Waals surface area contributed by atoms with E-state index in [2.05, 4.69) is 51.3 Å². The molecule has 12 nitrogen and oxygen atoms in total. The Hall–Kier alpha value is -5.83. The normalized spacial score (nSPS) is 16.7. The van der Waals surface area contributed by atoms with Gasteiger partial charge in [-0.2, -0.15) is 0 Å². The minimum atomic E-state index is -0.732. The molecule has 2 saturated heterocycles. The number of aromatic amines is 1. The zero-order chi connectivity index (χ0) is 43.4. The summed E-state index contributed by atoms with van der Waals surface area (Å²) >= 11 is 0. The molecule has 58 heavy (non-hydrogen) atoms. The Morgan fingerprint density at radius 1 is 1.00 bits per heavy atom. The number of amidine groups is 1. The van der Waals surface area contributed by atoms with E-state index < -0.39 is 17.7 Å². The fraction of sp³-hybridized carbons (Fsp3) is 0.457. The Balaban J connectivity index is 0.00000185. The molecule has 0 bridgehead atoms. The lowest BCUT2D eigenvalue weighted by molar-refractivity contribution is -0.134. The number of benzene rings is 2. The van der Waals surface area contributed by atoms with Crippen LogP contribution in [-0.4, -0.2) is 81.6 Å². The molecule has 5 rings (SSSR count). The van der Waals surface area contributed by atoms with Gasteiger partial charge in [0, 0.05) is 36.5 Å². The third kappa shape index (κ3) is 13.4. The van der Waals surface area contributed by atoms with Crippen LogP contribution in [0.3, 0.4) is 0 Å². The number of hydrogen-bond acceptors (Lipinski definition) is 7. The molecule has 4 N–H and O–H groups in total. The molecule has 2 fully saturated rings. The maximum Gasteiger partial charge on any atom is 0.410 e. The van der Waals surface area contributed by atoms with Crippen LogP contribution in [0.5, 0.6) is 0 Å². The van der Waals surface area contributed by atoms with E-state index >= 15 is 0 Å². The molecule has 2 unspecified atom stereocenters. The average Bonchev–Trinajstić information content (AvgIpc) is 4.03. The number of nitrogens with zero attached hydrogens (tertiary/aromatic N) is 4. The molecule has 3 aromatic rings. The first-order valence-electron chi connectivity index (χ1n) is 20.2. The Bertz CT molecular complexity index is 1880. The highest BCUT2D eigenvalue weighted by Crippen LogP contribution is 2.34. The molecule has 3 amide bonds. The quantitative estimate of drug-likeness (QED) is 0.0889. The van der Waals surface area contributed by atoms with Gasteiger partial charge in [0.05, 0.1) is 31.1 Å². The number of aliphatic imine (C=N–C) groups is 1. The summed E-state index contributed by atoms with van der Waals surface area (Å²) in [6, 6.07) is 14.8. The maximum absolute atomic E-state index is 13.4. The molecule has 0 spiro atoms. The molecule has 314 valence electrons. The van der Waals surface area contributed by atoms with Gasteiger partial charge in [-0.1, -0.05) is 89.8 Å². The zero-order valence-electron chi connectivity index (χ0n) is 36.2. The number of methoxy groups -OCH3 is 1. The molecular formula is C46H65N7O5. The number of ether oxygens (including phenoxy) is 2. The van der Waals surface area contributed by atoms with Crippen LogP contribution in [0.2, 0.25) is 0 Å². The van der Waals surface area contributed by atoms with Crippen LogP contribution in [0.1, 0.15) is 105 Å². The summed E-state index contributed by atoms with van der Waals surface area (Å²) in [5.41, 5.74) is 10.4. The van der Waals surface area contributed by atoms with Crippen molar-refractivity contribution in [2.24, 2.45) is 16.6 Å². The van der Waals surface area contributed by atoms with Crippen molar-refractivity contribution in [2.45, 2.75) is 112 Å². The maximum atomic E-state index is 13.4. The first kappa shape index (κ1) is 48.3. The van der Waals surface area contributed by atoms with Crippen LogP contribution < -0.4 is 11.1 Å². The summed E-state index contributed by atoms with van der Waals surface area (Å²) in [5.74, 6) is 7.02. The van der Waals surface area contributed by atoms with Crippen molar-refractivity contribution >= 4 is 23.9 Å². The van der Waals surface area contributed by atoms with E-state index in [1.165, 1.54) is 7.11 Å². The number of imidazole rings is 1. The van der Waals surface area contributed by atoms with Crippen molar-refractivity contribution in [3.63, 3.8) is 0 Å². The summed E-state index contributed by atoms with van der Waals surface area (Å²) in [5, 5.41) is 2.64. The molecule has 3 atom stereocenters. The van der Waals surface area contributed by atoms with Crippen LogP contribution in [0.15, 0.2) is 85.2 Å². The van der Waals surface area contributed by atoms with E-state index in [1.54, 1.807) is 28.3 Å². The largest absolute Gasteiger partial charge is 0.453 e. The second-order valence-electron chi connectivity index (χ2n) is 14.3. The molecular weight excluding hydrogens is 731 g/mol. The lowest BCUT2D eigenvalue weighted by atomic mass is 9.96. The predicted octanol–water partition coefficient (Wildman–Crippen LogP) is 9.26. The molecule has 0 saturated carbocycles. The lowest BCUT2D eigenvalue weighted by Crippen LogP contribution is -2.54. The topological polar surface area (TPSA) is 155 Å². The molecule has 0 radical (unpaired) electrons. The summed E-state index contributed by atoms with van der Waals surface area (Å²) in [7, 11) is 1.27. The van der Waals surface area contributed by atoms with Crippen molar-refractivity contribution in [2.75, 3.05) is 20.2 Å². The van der Waals surface area contributed by atoms with Crippen LogP contribution in [0, 0.1) is 17.8 Å². The number of hydrogen-bond donors (Lipinski definition) is 3. The van der Waals surface area contributed by atoms with E-state index in [9.17, 15) is 14.4 Å². The van der Waals surface area contributed by atoms with Gasteiger partial charge in [0.25, 0.3) is 0 Å². The number of H-pyrrole nitrogens is 1. The second-order valence-corrected chi connectivity index (χ2v) is 14.3. The number of carbonyl (C=O) groups excluding carboxylic acids is 3. The number of likely N-dealkylation sites (tertiary alicyclic amines) is 2. The number of carbonyl (C=O) groups is 3. The highest BCUT2D eigenvalue weighted by atomic mass is 16.6. The van der Waals surface area contributed by atoms with Crippen molar-refractivity contribution in [1.82, 2.24) is 25.1 Å². The molecule has 2 aliphatic heterocycles. The van der Waals surface area contributed by atoms with Gasteiger partial charge >= 0.3 is 12.2 Å².